The van der Waals surface area contributed by atoms with Crippen molar-refractivity contribution in [3.63, 3.8) is 0 Å². The SMILES string of the molecule is N#Cc1ccc(NS(=O)(=O)c2cccnc2Cl)c(Br)c1. The molecule has 0 radical (unpaired) electrons. The standard InChI is InChI=1S/C12H7BrClN3O2S/c13-9-6-8(7-15)3-4-10(9)17-20(18,19)11-2-1-5-16-12(11)14/h1-6,17H. The molecule has 102 valence electrons. The number of rotatable bonds is 3. The number of sulfonamides is 1. The Kier molecular flexibility index (Phi) is 4.28. The molecule has 1 heterocycles. The van der Waals surface area contributed by atoms with Crippen LogP contribution in [0.2, 0.25) is 5.15 Å². The van der Waals surface area contributed by atoms with Gasteiger partial charge in [0.05, 0.1) is 17.3 Å². The molecule has 0 aliphatic heterocycles. The maximum atomic E-state index is 12.2. The van der Waals surface area contributed by atoms with Gasteiger partial charge < -0.3 is 0 Å². The Morgan fingerprint density at radius 2 is 2.10 bits per heavy atom. The first kappa shape index (κ1) is 14.8. The average Bonchev–Trinajstić information content (AvgIpc) is 2.41. The van der Waals surface area contributed by atoms with Crippen LogP contribution in [0.15, 0.2) is 45.9 Å². The van der Waals surface area contributed by atoms with Crippen LogP contribution in [0.1, 0.15) is 5.56 Å². The van der Waals surface area contributed by atoms with Crippen LogP contribution in [0.5, 0.6) is 0 Å². The Morgan fingerprint density at radius 1 is 1.35 bits per heavy atom. The number of halogens is 2. The van der Waals surface area contributed by atoms with Crippen LogP contribution in [0.4, 0.5) is 5.69 Å². The lowest BCUT2D eigenvalue weighted by Crippen LogP contribution is -2.14. The molecule has 5 nitrogen and oxygen atoms in total. The van der Waals surface area contributed by atoms with E-state index in [4.69, 9.17) is 16.9 Å². The molecule has 1 aromatic carbocycles. The highest BCUT2D eigenvalue weighted by Crippen LogP contribution is 2.27. The zero-order chi connectivity index (χ0) is 14.8. The maximum absolute atomic E-state index is 12.2. The minimum atomic E-state index is -3.84. The number of pyridine rings is 1. The van der Waals surface area contributed by atoms with Gasteiger partial charge in [-0.05, 0) is 46.3 Å². The molecule has 2 rings (SSSR count). The second kappa shape index (κ2) is 5.79. The van der Waals surface area contributed by atoms with E-state index in [-0.39, 0.29) is 10.0 Å². The van der Waals surface area contributed by atoms with E-state index in [9.17, 15) is 8.42 Å². The molecule has 0 bridgehead atoms. The van der Waals surface area contributed by atoms with E-state index in [0.717, 1.165) is 0 Å². The fourth-order valence-corrected chi connectivity index (χ4v) is 3.58. The van der Waals surface area contributed by atoms with Crippen molar-refractivity contribution in [3.05, 3.63) is 51.7 Å². The van der Waals surface area contributed by atoms with Crippen LogP contribution in [0, 0.1) is 11.3 Å². The number of benzene rings is 1. The minimum absolute atomic E-state index is 0.107. The smallest absolute Gasteiger partial charge is 0.265 e. The molecule has 0 saturated heterocycles. The van der Waals surface area contributed by atoms with Crippen LogP contribution in [-0.2, 0) is 10.0 Å². The van der Waals surface area contributed by atoms with Crippen molar-refractivity contribution in [2.24, 2.45) is 0 Å². The quantitative estimate of drug-likeness (QED) is 0.839. The van der Waals surface area contributed by atoms with E-state index in [1.807, 2.05) is 6.07 Å². The highest BCUT2D eigenvalue weighted by Gasteiger charge is 2.19. The zero-order valence-electron chi connectivity index (χ0n) is 9.84. The highest BCUT2D eigenvalue weighted by molar-refractivity contribution is 9.10. The summed E-state index contributed by atoms with van der Waals surface area (Å²) in [6.07, 6.45) is 1.40. The number of aromatic nitrogens is 1. The van der Waals surface area contributed by atoms with Gasteiger partial charge in [-0.3, -0.25) is 4.72 Å². The summed E-state index contributed by atoms with van der Waals surface area (Å²) in [7, 11) is -3.84. The fraction of sp³-hybridized carbons (Fsp3) is 0. The third-order valence-corrected chi connectivity index (χ3v) is 4.82. The van der Waals surface area contributed by atoms with Gasteiger partial charge in [0.1, 0.15) is 10.0 Å². The van der Waals surface area contributed by atoms with Crippen molar-refractivity contribution in [2.45, 2.75) is 4.90 Å². The monoisotopic (exact) mass is 371 g/mol. The second-order valence-corrected chi connectivity index (χ2v) is 6.57. The normalized spacial score (nSPS) is 10.8. The molecule has 0 saturated carbocycles. The van der Waals surface area contributed by atoms with Crippen molar-refractivity contribution in [1.29, 1.82) is 5.26 Å². The van der Waals surface area contributed by atoms with Gasteiger partial charge in [0.15, 0.2) is 0 Å². The molecule has 0 spiro atoms. The third kappa shape index (κ3) is 3.10. The predicted molar refractivity (Wildman–Crippen MR) is 78.9 cm³/mol. The molecule has 0 aliphatic carbocycles. The Hall–Kier alpha value is -1.62. The molecule has 1 aromatic heterocycles. The maximum Gasteiger partial charge on any atom is 0.265 e. The number of hydrogen-bond donors (Lipinski definition) is 1. The molecule has 2 aromatic rings. The van der Waals surface area contributed by atoms with Crippen LogP contribution in [0.25, 0.3) is 0 Å². The number of hydrogen-bond acceptors (Lipinski definition) is 4. The van der Waals surface area contributed by atoms with Crippen LogP contribution >= 0.6 is 27.5 Å². The van der Waals surface area contributed by atoms with E-state index >= 15 is 0 Å². The van der Waals surface area contributed by atoms with Crippen LogP contribution in [0.3, 0.4) is 0 Å². The second-order valence-electron chi connectivity index (χ2n) is 3.70. The van der Waals surface area contributed by atoms with E-state index < -0.39 is 10.0 Å². The molecule has 0 fully saturated rings. The molecule has 20 heavy (non-hydrogen) atoms. The molecule has 0 atom stereocenters. The number of anilines is 1. The van der Waals surface area contributed by atoms with Gasteiger partial charge in [-0.2, -0.15) is 5.26 Å². The Labute approximate surface area is 129 Å². The predicted octanol–water partition coefficient (Wildman–Crippen LogP) is 3.17. The first-order valence-corrected chi connectivity index (χ1v) is 7.92. The lowest BCUT2D eigenvalue weighted by Gasteiger charge is -2.10. The van der Waals surface area contributed by atoms with E-state index in [0.29, 0.717) is 15.7 Å². The Morgan fingerprint density at radius 3 is 2.70 bits per heavy atom. The third-order valence-electron chi connectivity index (χ3n) is 2.36. The molecular weight excluding hydrogens is 366 g/mol. The molecular formula is C12H7BrClN3O2S. The largest absolute Gasteiger partial charge is 0.278 e. The van der Waals surface area contributed by atoms with E-state index in [1.54, 1.807) is 0 Å². The summed E-state index contributed by atoms with van der Waals surface area (Å²) in [5.41, 5.74) is 0.725. The summed E-state index contributed by atoms with van der Waals surface area (Å²) in [6.45, 7) is 0. The van der Waals surface area contributed by atoms with Crippen molar-refractivity contribution < 1.29 is 8.42 Å². The van der Waals surface area contributed by atoms with Gasteiger partial charge in [0.2, 0.25) is 0 Å². The van der Waals surface area contributed by atoms with Gasteiger partial charge >= 0.3 is 0 Å². The number of nitriles is 1. The highest BCUT2D eigenvalue weighted by atomic mass is 79.9. The molecule has 1 N–H and O–H groups in total. The number of nitrogens with zero attached hydrogens (tertiary/aromatic N) is 2. The van der Waals surface area contributed by atoms with Crippen molar-refractivity contribution >= 4 is 43.2 Å². The minimum Gasteiger partial charge on any atom is -0.278 e. The van der Waals surface area contributed by atoms with E-state index in [1.165, 1.54) is 36.5 Å². The summed E-state index contributed by atoms with van der Waals surface area (Å²) in [4.78, 5) is 3.62. The topological polar surface area (TPSA) is 82.9 Å². The lowest BCUT2D eigenvalue weighted by atomic mass is 10.2. The van der Waals surface area contributed by atoms with Gasteiger partial charge in [-0.1, -0.05) is 11.6 Å². The molecule has 0 aliphatic rings. The summed E-state index contributed by atoms with van der Waals surface area (Å²) in [5.74, 6) is 0. The molecule has 0 unspecified atom stereocenters. The summed E-state index contributed by atoms with van der Waals surface area (Å²) in [6, 6.07) is 9.31. The zero-order valence-corrected chi connectivity index (χ0v) is 13.0. The Bertz CT molecular complexity index is 803. The molecule has 8 heteroatoms. The van der Waals surface area contributed by atoms with Crippen molar-refractivity contribution in [1.82, 2.24) is 4.98 Å². The van der Waals surface area contributed by atoms with Gasteiger partial charge in [0, 0.05) is 10.7 Å². The average molecular weight is 373 g/mol. The van der Waals surface area contributed by atoms with Crippen LogP contribution in [-0.4, -0.2) is 13.4 Å². The van der Waals surface area contributed by atoms with Crippen molar-refractivity contribution in [3.8, 4) is 6.07 Å². The lowest BCUT2D eigenvalue weighted by molar-refractivity contribution is 0.601. The summed E-state index contributed by atoms with van der Waals surface area (Å²) in [5, 5.41) is 8.66. The van der Waals surface area contributed by atoms with Gasteiger partial charge in [-0.25, -0.2) is 13.4 Å². The van der Waals surface area contributed by atoms with Crippen LogP contribution < -0.4 is 4.72 Å². The van der Waals surface area contributed by atoms with Crippen molar-refractivity contribution in [2.75, 3.05) is 4.72 Å². The summed E-state index contributed by atoms with van der Waals surface area (Å²) < 4.78 is 27.3. The first-order chi connectivity index (χ1) is 9.44. The first-order valence-electron chi connectivity index (χ1n) is 5.27. The number of nitrogens with one attached hydrogen (secondary N) is 1. The Balaban J connectivity index is 2.40. The fourth-order valence-electron chi connectivity index (χ4n) is 1.44. The molecule has 0 amide bonds. The van der Waals surface area contributed by atoms with Gasteiger partial charge in [0.25, 0.3) is 10.0 Å². The van der Waals surface area contributed by atoms with Gasteiger partial charge in [-0.15, -0.1) is 0 Å². The van der Waals surface area contributed by atoms with E-state index in [2.05, 4.69) is 25.6 Å². The summed E-state index contributed by atoms with van der Waals surface area (Å²) >= 11 is 8.98.